The first kappa shape index (κ1) is 7.54. The molecular formula is C6H9ClN2O. The molecule has 3 nitrogen and oxygen atoms in total. The number of hydrogen-bond donors (Lipinski definition) is 0. The van der Waals surface area contributed by atoms with Crippen molar-refractivity contribution in [3.8, 4) is 0 Å². The number of halogens is 1. The zero-order valence-electron chi connectivity index (χ0n) is 6.18. The van der Waals surface area contributed by atoms with Crippen LogP contribution in [0.5, 0.6) is 0 Å². The zero-order chi connectivity index (χ0) is 7.94. The predicted octanol–water partition coefficient (Wildman–Crippen LogP) is 0.832. The molecule has 1 heterocycles. The van der Waals surface area contributed by atoms with Gasteiger partial charge in [0.1, 0.15) is 5.66 Å². The smallest absolute Gasteiger partial charge is 0.285 e. The van der Waals surface area contributed by atoms with Gasteiger partial charge in [-0.1, -0.05) is 11.6 Å². The summed E-state index contributed by atoms with van der Waals surface area (Å²) in [6, 6.07) is 0. The molecule has 0 fully saturated rings. The van der Waals surface area contributed by atoms with Crippen LogP contribution in [0.1, 0.15) is 13.8 Å². The van der Waals surface area contributed by atoms with E-state index in [1.807, 2.05) is 13.8 Å². The highest BCUT2D eigenvalue weighted by Gasteiger charge is 2.36. The number of hydrogen-bond acceptors (Lipinski definition) is 2. The van der Waals surface area contributed by atoms with Crippen molar-refractivity contribution in [1.82, 2.24) is 4.90 Å². The van der Waals surface area contributed by atoms with Crippen LogP contribution in [0.3, 0.4) is 0 Å². The fraction of sp³-hybridized carbons (Fsp3) is 0.667. The van der Waals surface area contributed by atoms with E-state index in [9.17, 15) is 4.79 Å². The lowest BCUT2D eigenvalue weighted by atomic mass is 10.2. The van der Waals surface area contributed by atoms with E-state index in [0.717, 1.165) is 0 Å². The van der Waals surface area contributed by atoms with Crippen molar-refractivity contribution in [3.05, 3.63) is 0 Å². The fourth-order valence-electron chi connectivity index (χ4n) is 0.750. The van der Waals surface area contributed by atoms with Gasteiger partial charge < -0.3 is 4.90 Å². The van der Waals surface area contributed by atoms with Crippen LogP contribution in [0.2, 0.25) is 0 Å². The summed E-state index contributed by atoms with van der Waals surface area (Å²) in [7, 11) is 1.68. The molecule has 0 atom stereocenters. The van der Waals surface area contributed by atoms with Gasteiger partial charge >= 0.3 is 0 Å². The van der Waals surface area contributed by atoms with Crippen LogP contribution in [0.25, 0.3) is 0 Å². The molecule has 56 valence electrons. The second-order valence-electron chi connectivity index (χ2n) is 2.76. The SMILES string of the molecule is CN1C(=O)C(Cl)=NC1(C)C. The maximum Gasteiger partial charge on any atom is 0.285 e. The first-order valence-electron chi connectivity index (χ1n) is 2.98. The van der Waals surface area contributed by atoms with Crippen LogP contribution < -0.4 is 0 Å². The standard InChI is InChI=1S/C6H9ClN2O/c1-6(2)8-4(7)5(10)9(6)3/h1-3H3. The number of rotatable bonds is 0. The Morgan fingerprint density at radius 1 is 1.60 bits per heavy atom. The number of amides is 1. The van der Waals surface area contributed by atoms with E-state index in [1.165, 1.54) is 4.90 Å². The molecule has 1 rings (SSSR count). The first-order valence-corrected chi connectivity index (χ1v) is 3.36. The molecule has 4 heteroatoms. The summed E-state index contributed by atoms with van der Waals surface area (Å²) in [5, 5.41) is 0.0764. The average molecular weight is 161 g/mol. The summed E-state index contributed by atoms with van der Waals surface area (Å²) >= 11 is 5.50. The minimum absolute atomic E-state index is 0.0764. The first-order chi connectivity index (χ1) is 4.45. The molecule has 0 N–H and O–H groups in total. The van der Waals surface area contributed by atoms with E-state index >= 15 is 0 Å². The summed E-state index contributed by atoms with van der Waals surface area (Å²) in [6.07, 6.45) is 0. The highest BCUT2D eigenvalue weighted by Crippen LogP contribution is 2.22. The third-order valence-corrected chi connectivity index (χ3v) is 1.92. The molecule has 1 aliphatic rings. The Bertz CT molecular complexity index is 210. The lowest BCUT2D eigenvalue weighted by Gasteiger charge is -2.24. The fourth-order valence-corrected chi connectivity index (χ4v) is 1.08. The molecule has 1 aliphatic heterocycles. The molecular weight excluding hydrogens is 152 g/mol. The molecule has 0 saturated carbocycles. The van der Waals surface area contributed by atoms with Crippen molar-refractivity contribution >= 4 is 22.7 Å². The van der Waals surface area contributed by atoms with E-state index in [2.05, 4.69) is 4.99 Å². The molecule has 0 radical (unpaired) electrons. The lowest BCUT2D eigenvalue weighted by molar-refractivity contribution is -0.124. The van der Waals surface area contributed by atoms with Gasteiger partial charge in [0, 0.05) is 7.05 Å². The van der Waals surface area contributed by atoms with Crippen LogP contribution in [-0.4, -0.2) is 28.7 Å². The molecule has 0 aromatic rings. The minimum Gasteiger partial charge on any atom is -0.315 e. The van der Waals surface area contributed by atoms with Gasteiger partial charge in [0.05, 0.1) is 0 Å². The van der Waals surface area contributed by atoms with Crippen LogP contribution in [0.15, 0.2) is 4.99 Å². The molecule has 10 heavy (non-hydrogen) atoms. The van der Waals surface area contributed by atoms with Crippen molar-refractivity contribution in [2.75, 3.05) is 7.05 Å². The van der Waals surface area contributed by atoms with Crippen molar-refractivity contribution in [2.45, 2.75) is 19.5 Å². The van der Waals surface area contributed by atoms with Gasteiger partial charge in [0.15, 0.2) is 5.17 Å². The summed E-state index contributed by atoms with van der Waals surface area (Å²) in [6.45, 7) is 3.67. The van der Waals surface area contributed by atoms with Gasteiger partial charge in [-0.05, 0) is 13.8 Å². The monoisotopic (exact) mass is 160 g/mol. The van der Waals surface area contributed by atoms with Crippen molar-refractivity contribution < 1.29 is 4.79 Å². The third-order valence-electron chi connectivity index (χ3n) is 1.67. The molecule has 0 bridgehead atoms. The van der Waals surface area contributed by atoms with Gasteiger partial charge in [0.2, 0.25) is 0 Å². The second kappa shape index (κ2) is 1.95. The molecule has 0 saturated heterocycles. The van der Waals surface area contributed by atoms with Crippen molar-refractivity contribution in [1.29, 1.82) is 0 Å². The van der Waals surface area contributed by atoms with Crippen LogP contribution in [0, 0.1) is 0 Å². The van der Waals surface area contributed by atoms with E-state index in [0.29, 0.717) is 0 Å². The third kappa shape index (κ3) is 0.904. The maximum absolute atomic E-state index is 11.0. The maximum atomic E-state index is 11.0. The number of carbonyl (C=O) groups is 1. The van der Waals surface area contributed by atoms with Gasteiger partial charge in [-0.25, -0.2) is 4.99 Å². The molecule has 1 amide bonds. The lowest BCUT2D eigenvalue weighted by Crippen LogP contribution is -2.38. The molecule has 0 aromatic carbocycles. The Morgan fingerprint density at radius 2 is 2.10 bits per heavy atom. The van der Waals surface area contributed by atoms with Crippen LogP contribution in [-0.2, 0) is 4.79 Å². The zero-order valence-corrected chi connectivity index (χ0v) is 6.94. The summed E-state index contributed by atoms with van der Waals surface area (Å²) < 4.78 is 0. The van der Waals surface area contributed by atoms with Gasteiger partial charge in [-0.2, -0.15) is 0 Å². The highest BCUT2D eigenvalue weighted by molar-refractivity contribution is 6.83. The Hall–Kier alpha value is -0.570. The topological polar surface area (TPSA) is 32.7 Å². The largest absolute Gasteiger partial charge is 0.315 e. The average Bonchev–Trinajstić information content (AvgIpc) is 1.95. The molecule has 0 spiro atoms. The second-order valence-corrected chi connectivity index (χ2v) is 3.12. The molecule has 0 aromatic heterocycles. The summed E-state index contributed by atoms with van der Waals surface area (Å²) in [5.41, 5.74) is -0.464. The Kier molecular flexibility index (Phi) is 1.47. The highest BCUT2D eigenvalue weighted by atomic mass is 35.5. The number of nitrogens with zero attached hydrogens (tertiary/aromatic N) is 2. The summed E-state index contributed by atoms with van der Waals surface area (Å²) in [5.74, 6) is -0.202. The van der Waals surface area contributed by atoms with Gasteiger partial charge in [-0.15, -0.1) is 0 Å². The van der Waals surface area contributed by atoms with Crippen LogP contribution >= 0.6 is 11.6 Å². The summed E-state index contributed by atoms with van der Waals surface area (Å²) in [4.78, 5) is 16.4. The van der Waals surface area contributed by atoms with E-state index in [-0.39, 0.29) is 11.1 Å². The van der Waals surface area contributed by atoms with Crippen molar-refractivity contribution in [2.24, 2.45) is 4.99 Å². The van der Waals surface area contributed by atoms with Crippen LogP contribution in [0.4, 0.5) is 0 Å². The predicted molar refractivity (Wildman–Crippen MR) is 40.1 cm³/mol. The minimum atomic E-state index is -0.464. The normalized spacial score (nSPS) is 23.4. The Balaban J connectivity index is 2.98. The molecule has 0 unspecified atom stereocenters. The molecule has 0 aliphatic carbocycles. The van der Waals surface area contributed by atoms with Gasteiger partial charge in [-0.3, -0.25) is 4.79 Å². The van der Waals surface area contributed by atoms with E-state index < -0.39 is 5.66 Å². The van der Waals surface area contributed by atoms with Crippen molar-refractivity contribution in [3.63, 3.8) is 0 Å². The van der Waals surface area contributed by atoms with E-state index in [4.69, 9.17) is 11.6 Å². The number of carbonyl (C=O) groups excluding carboxylic acids is 1. The van der Waals surface area contributed by atoms with Gasteiger partial charge in [0.25, 0.3) is 5.91 Å². The Labute approximate surface area is 64.7 Å². The Morgan fingerprint density at radius 3 is 2.20 bits per heavy atom. The van der Waals surface area contributed by atoms with E-state index in [1.54, 1.807) is 7.05 Å². The quantitative estimate of drug-likeness (QED) is 0.517. The number of aliphatic imine (C=N–C) groups is 1.